The zero-order valence-corrected chi connectivity index (χ0v) is 35.7. The van der Waals surface area contributed by atoms with E-state index in [4.69, 9.17) is 19.1 Å². The van der Waals surface area contributed by atoms with E-state index in [2.05, 4.69) is 79.1 Å². The van der Waals surface area contributed by atoms with Crippen molar-refractivity contribution >= 4 is 19.8 Å². The van der Waals surface area contributed by atoms with Crippen molar-refractivity contribution in [2.75, 3.05) is 26.4 Å². The summed E-state index contributed by atoms with van der Waals surface area (Å²) in [6, 6.07) is 0. The highest BCUT2D eigenvalue weighted by Crippen LogP contribution is 2.43. The number of carbonyl (C=O) groups excluding carboxylic acids is 2. The standard InChI is InChI=1S/C45H77O10P/c1-3-5-7-9-11-13-15-17-19-20-21-22-23-25-27-29-31-33-35-37-45(49)55-43(41-54-56(50,51)53-39-42(47)38-46)40-52-44(48)36-34-32-30-28-26-24-18-16-14-12-10-8-6-4-2/h11,13,16-19,21-22,25,27,31,33,42-43,46-47H,3-10,12,14-15,20,23-24,26,28-30,32,34-41H2,1-2H3,(H,50,51)/b13-11+,18-16+,19-17+,22-21+,27-25+,33-31+/t42-,43+/m0/s1. The third-order valence-corrected chi connectivity index (χ3v) is 9.55. The number of hydrogen-bond donors (Lipinski definition) is 3. The maximum Gasteiger partial charge on any atom is 0.472 e. The summed E-state index contributed by atoms with van der Waals surface area (Å²) in [6.45, 7) is 2.23. The van der Waals surface area contributed by atoms with Gasteiger partial charge >= 0.3 is 19.8 Å². The van der Waals surface area contributed by atoms with E-state index in [1.165, 1.54) is 57.8 Å². The minimum Gasteiger partial charge on any atom is -0.462 e. The molecule has 1 unspecified atom stereocenters. The molecule has 0 saturated carbocycles. The number of allylic oxidation sites excluding steroid dienone is 12. The van der Waals surface area contributed by atoms with E-state index in [0.29, 0.717) is 12.8 Å². The number of aliphatic hydroxyl groups excluding tert-OH is 2. The molecule has 3 atom stereocenters. The highest BCUT2D eigenvalue weighted by Gasteiger charge is 2.27. The largest absolute Gasteiger partial charge is 0.472 e. The molecule has 0 aliphatic carbocycles. The second-order valence-electron chi connectivity index (χ2n) is 14.0. The monoisotopic (exact) mass is 809 g/mol. The van der Waals surface area contributed by atoms with Crippen LogP contribution in [0.2, 0.25) is 0 Å². The Balaban J connectivity index is 4.47. The first-order chi connectivity index (χ1) is 27.2. The Bertz CT molecular complexity index is 1160. The number of carbonyl (C=O) groups is 2. The lowest BCUT2D eigenvalue weighted by Crippen LogP contribution is -2.29. The van der Waals surface area contributed by atoms with Crippen LogP contribution >= 0.6 is 7.82 Å². The highest BCUT2D eigenvalue weighted by molar-refractivity contribution is 7.47. The Morgan fingerprint density at radius 1 is 0.536 bits per heavy atom. The maximum atomic E-state index is 12.6. The lowest BCUT2D eigenvalue weighted by molar-refractivity contribution is -0.161. The molecule has 11 heteroatoms. The van der Waals surface area contributed by atoms with Crippen LogP contribution in [0.4, 0.5) is 0 Å². The lowest BCUT2D eigenvalue weighted by atomic mass is 10.1. The number of hydrogen-bond acceptors (Lipinski definition) is 9. The average Bonchev–Trinajstić information content (AvgIpc) is 3.19. The first kappa shape index (κ1) is 53.4. The fourth-order valence-electron chi connectivity index (χ4n) is 5.26. The Morgan fingerprint density at radius 3 is 1.52 bits per heavy atom. The number of rotatable bonds is 39. The molecule has 0 bridgehead atoms. The molecule has 10 nitrogen and oxygen atoms in total. The predicted octanol–water partition coefficient (Wildman–Crippen LogP) is 11.3. The molecule has 0 fully saturated rings. The normalized spacial score (nSPS) is 14.6. The quantitative estimate of drug-likeness (QED) is 0.0237. The first-order valence-corrected chi connectivity index (χ1v) is 22.9. The van der Waals surface area contributed by atoms with Crippen LogP contribution in [0.5, 0.6) is 0 Å². The van der Waals surface area contributed by atoms with Gasteiger partial charge in [0.15, 0.2) is 6.10 Å². The number of phosphoric acid groups is 1. The van der Waals surface area contributed by atoms with Gasteiger partial charge in [0.25, 0.3) is 0 Å². The van der Waals surface area contributed by atoms with Crippen LogP contribution in [0.1, 0.15) is 162 Å². The molecule has 0 aromatic carbocycles. The number of ether oxygens (including phenoxy) is 2. The third-order valence-electron chi connectivity index (χ3n) is 8.60. The van der Waals surface area contributed by atoms with E-state index in [1.54, 1.807) is 0 Å². The summed E-state index contributed by atoms with van der Waals surface area (Å²) in [5.74, 6) is -1.04. The van der Waals surface area contributed by atoms with Crippen LogP contribution in [0, 0.1) is 0 Å². The van der Waals surface area contributed by atoms with Crippen molar-refractivity contribution in [3.8, 4) is 0 Å². The summed E-state index contributed by atoms with van der Waals surface area (Å²) in [7, 11) is -4.64. The number of esters is 2. The Kier molecular flexibility index (Phi) is 38.7. The molecule has 0 aromatic rings. The van der Waals surface area contributed by atoms with Gasteiger partial charge in [-0.15, -0.1) is 0 Å². The molecule has 322 valence electrons. The van der Waals surface area contributed by atoms with Crippen molar-refractivity contribution in [3.05, 3.63) is 72.9 Å². The van der Waals surface area contributed by atoms with Crippen molar-refractivity contribution in [3.63, 3.8) is 0 Å². The summed E-state index contributed by atoms with van der Waals surface area (Å²) in [4.78, 5) is 34.9. The molecule has 0 rings (SSSR count). The third kappa shape index (κ3) is 39.6. The first-order valence-electron chi connectivity index (χ1n) is 21.4. The van der Waals surface area contributed by atoms with E-state index in [0.717, 1.165) is 64.2 Å². The maximum absolute atomic E-state index is 12.6. The van der Waals surface area contributed by atoms with E-state index in [1.807, 2.05) is 12.2 Å². The molecule has 0 amide bonds. The SMILES string of the molecule is CCCCC/C=C/C/C=C/C/C=C/C/C=C/C/C=C/CCC(=O)O[C@H](COC(=O)CCCCCCC/C=C/CCCCCCC)COP(=O)(O)OC[C@@H](O)CO. The van der Waals surface area contributed by atoms with Crippen molar-refractivity contribution in [2.24, 2.45) is 0 Å². The van der Waals surface area contributed by atoms with Gasteiger partial charge in [0, 0.05) is 12.8 Å². The van der Waals surface area contributed by atoms with Gasteiger partial charge in [0.05, 0.1) is 19.8 Å². The van der Waals surface area contributed by atoms with Gasteiger partial charge in [0.1, 0.15) is 12.7 Å². The minimum atomic E-state index is -4.64. The Hall–Kier alpha value is -2.59. The fraction of sp³-hybridized carbons (Fsp3) is 0.689. The molecule has 0 aliphatic rings. The smallest absolute Gasteiger partial charge is 0.462 e. The van der Waals surface area contributed by atoms with Crippen molar-refractivity contribution < 1.29 is 47.8 Å². The van der Waals surface area contributed by atoms with E-state index < -0.39 is 51.8 Å². The Morgan fingerprint density at radius 2 is 0.964 bits per heavy atom. The fourth-order valence-corrected chi connectivity index (χ4v) is 6.05. The van der Waals surface area contributed by atoms with Gasteiger partial charge in [0.2, 0.25) is 0 Å². The molecular formula is C45H77O10P. The Labute approximate surface area is 339 Å². The zero-order valence-electron chi connectivity index (χ0n) is 34.8. The molecule has 56 heavy (non-hydrogen) atoms. The van der Waals surface area contributed by atoms with Gasteiger partial charge in [-0.2, -0.15) is 0 Å². The summed E-state index contributed by atoms with van der Waals surface area (Å²) in [5.41, 5.74) is 0. The number of unbranched alkanes of at least 4 members (excludes halogenated alkanes) is 13. The molecule has 3 N–H and O–H groups in total. The van der Waals surface area contributed by atoms with Gasteiger partial charge in [-0.1, -0.05) is 145 Å². The van der Waals surface area contributed by atoms with E-state index in [-0.39, 0.29) is 19.4 Å². The summed E-state index contributed by atoms with van der Waals surface area (Å²) >= 11 is 0. The molecule has 0 radical (unpaired) electrons. The molecule has 0 spiro atoms. The average molecular weight is 809 g/mol. The second kappa shape index (κ2) is 40.6. The highest BCUT2D eigenvalue weighted by atomic mass is 31.2. The van der Waals surface area contributed by atoms with Crippen LogP contribution < -0.4 is 0 Å². The topological polar surface area (TPSA) is 149 Å². The van der Waals surface area contributed by atoms with Crippen LogP contribution in [-0.4, -0.2) is 65.7 Å². The number of aliphatic hydroxyl groups is 2. The lowest BCUT2D eigenvalue weighted by Gasteiger charge is -2.20. The number of phosphoric ester groups is 1. The summed E-state index contributed by atoms with van der Waals surface area (Å²) in [5, 5.41) is 18.3. The molecule has 0 aliphatic heterocycles. The summed E-state index contributed by atoms with van der Waals surface area (Å²) in [6.07, 6.45) is 45.9. The summed E-state index contributed by atoms with van der Waals surface area (Å²) < 4.78 is 32.6. The van der Waals surface area contributed by atoms with Crippen LogP contribution in [0.3, 0.4) is 0 Å². The van der Waals surface area contributed by atoms with Crippen LogP contribution in [0.15, 0.2) is 72.9 Å². The predicted molar refractivity (Wildman–Crippen MR) is 228 cm³/mol. The molecule has 0 aromatic heterocycles. The van der Waals surface area contributed by atoms with Gasteiger partial charge in [-0.05, 0) is 77.0 Å². The zero-order chi connectivity index (χ0) is 41.2. The van der Waals surface area contributed by atoms with E-state index >= 15 is 0 Å². The van der Waals surface area contributed by atoms with Crippen molar-refractivity contribution in [1.82, 2.24) is 0 Å². The minimum absolute atomic E-state index is 0.0559. The molecular weight excluding hydrogens is 731 g/mol. The van der Waals surface area contributed by atoms with Crippen LogP contribution in [0.25, 0.3) is 0 Å². The van der Waals surface area contributed by atoms with Crippen molar-refractivity contribution in [1.29, 1.82) is 0 Å². The van der Waals surface area contributed by atoms with Gasteiger partial charge in [-0.25, -0.2) is 4.57 Å². The van der Waals surface area contributed by atoms with Crippen LogP contribution in [-0.2, 0) is 32.7 Å². The molecule has 0 saturated heterocycles. The van der Waals surface area contributed by atoms with E-state index in [9.17, 15) is 24.2 Å². The second-order valence-corrected chi connectivity index (χ2v) is 15.5. The van der Waals surface area contributed by atoms with Gasteiger partial charge < -0.3 is 24.6 Å². The van der Waals surface area contributed by atoms with Crippen molar-refractivity contribution in [2.45, 2.75) is 174 Å². The van der Waals surface area contributed by atoms with Gasteiger partial charge in [-0.3, -0.25) is 18.6 Å². The molecule has 0 heterocycles.